The minimum atomic E-state index is -0.652. The molecule has 2 aromatic heterocycles. The Bertz CT molecular complexity index is 1530. The van der Waals surface area contributed by atoms with Crippen molar-refractivity contribution >= 4 is 23.4 Å². The molecule has 0 radical (unpaired) electrons. The van der Waals surface area contributed by atoms with Crippen LogP contribution in [0.3, 0.4) is 0 Å². The predicted octanol–water partition coefficient (Wildman–Crippen LogP) is 3.43. The Morgan fingerprint density at radius 2 is 1.69 bits per heavy atom. The molecule has 0 fully saturated rings. The van der Waals surface area contributed by atoms with Crippen molar-refractivity contribution in [2.24, 2.45) is 5.73 Å². The van der Waals surface area contributed by atoms with E-state index in [1.807, 2.05) is 73.1 Å². The third-order valence-corrected chi connectivity index (χ3v) is 6.95. The second-order valence-electron chi connectivity index (χ2n) is 9.72. The first kappa shape index (κ1) is 25.9. The average molecular weight is 526 g/mol. The largest absolute Gasteiger partial charge is 0.364 e. The number of carbonyl (C=O) groups excluding carboxylic acids is 3. The van der Waals surface area contributed by atoms with Crippen molar-refractivity contribution in [3.63, 3.8) is 0 Å². The molecule has 0 bridgehead atoms. The van der Waals surface area contributed by atoms with Crippen molar-refractivity contribution in [1.82, 2.24) is 24.2 Å². The Morgan fingerprint density at radius 1 is 1.03 bits per heavy atom. The van der Waals surface area contributed by atoms with Crippen LogP contribution < -0.4 is 10.6 Å². The third kappa shape index (κ3) is 4.93. The molecule has 4 aromatic rings. The molecule has 3 heterocycles. The van der Waals surface area contributed by atoms with Gasteiger partial charge in [-0.15, -0.1) is 0 Å². The first-order valence-electron chi connectivity index (χ1n) is 13.0. The van der Waals surface area contributed by atoms with Gasteiger partial charge in [-0.3, -0.25) is 14.4 Å². The lowest BCUT2D eigenvalue weighted by molar-refractivity contribution is -0.130. The monoisotopic (exact) mass is 525 g/mol. The molecule has 1 aliphatic rings. The van der Waals surface area contributed by atoms with Crippen LogP contribution >= 0.6 is 0 Å². The summed E-state index contributed by atoms with van der Waals surface area (Å²) in [6.45, 7) is 4.75. The molecule has 0 aliphatic carbocycles. The summed E-state index contributed by atoms with van der Waals surface area (Å²) in [6, 6.07) is 15.2. The Labute approximate surface area is 226 Å². The van der Waals surface area contributed by atoms with E-state index in [2.05, 4.69) is 10.1 Å². The molecule has 0 saturated heterocycles. The maximum absolute atomic E-state index is 13.8. The van der Waals surface area contributed by atoms with Crippen LogP contribution in [0.4, 0.5) is 5.69 Å². The minimum Gasteiger partial charge on any atom is -0.364 e. The van der Waals surface area contributed by atoms with Crippen LogP contribution in [-0.4, -0.2) is 55.5 Å². The summed E-state index contributed by atoms with van der Waals surface area (Å²) in [5.74, 6) is -0.0750. The number of rotatable bonds is 8. The van der Waals surface area contributed by atoms with Crippen molar-refractivity contribution < 1.29 is 14.4 Å². The van der Waals surface area contributed by atoms with E-state index in [-0.39, 0.29) is 17.5 Å². The van der Waals surface area contributed by atoms with Gasteiger partial charge < -0.3 is 20.1 Å². The number of carbonyl (C=O) groups is 3. The van der Waals surface area contributed by atoms with Crippen molar-refractivity contribution in [2.45, 2.75) is 39.7 Å². The van der Waals surface area contributed by atoms with E-state index in [0.29, 0.717) is 42.9 Å². The first-order valence-corrected chi connectivity index (χ1v) is 13.0. The highest BCUT2D eigenvalue weighted by Gasteiger charge is 2.34. The number of hydrogen-bond acceptors (Lipinski definition) is 5. The normalized spacial score (nSPS) is 12.9. The summed E-state index contributed by atoms with van der Waals surface area (Å²) >= 11 is 0. The van der Waals surface area contributed by atoms with E-state index in [9.17, 15) is 14.4 Å². The van der Waals surface area contributed by atoms with Gasteiger partial charge in [-0.1, -0.05) is 24.6 Å². The number of benzene rings is 2. The maximum atomic E-state index is 13.8. The standard InChI is InChI=1S/C29H31N7O3/c1-4-5-25(37)33(3)18-24-31-15-17-34(24)20-10-12-21(13-11-20)35-16-14-23-26(28(30)38)32-36(27(23)29(35)39)22-8-6-19(2)7-9-22/h6-13,15,17H,4-5,14,16,18H2,1-3H3,(H2,30,38). The molecule has 0 unspecified atom stereocenters. The lowest BCUT2D eigenvalue weighted by Gasteiger charge is -2.28. The number of aryl methyl sites for hydroxylation is 1. The number of nitrogens with zero attached hydrogens (tertiary/aromatic N) is 6. The van der Waals surface area contributed by atoms with Gasteiger partial charge in [-0.05, 0) is 56.2 Å². The van der Waals surface area contributed by atoms with Gasteiger partial charge in [-0.25, -0.2) is 9.67 Å². The number of primary amides is 1. The van der Waals surface area contributed by atoms with Crippen molar-refractivity contribution in [3.8, 4) is 11.4 Å². The fourth-order valence-corrected chi connectivity index (χ4v) is 4.86. The number of imidazole rings is 1. The topological polar surface area (TPSA) is 119 Å². The Balaban J connectivity index is 1.42. The highest BCUT2D eigenvalue weighted by atomic mass is 16.2. The van der Waals surface area contributed by atoms with Gasteiger partial charge in [0.15, 0.2) is 5.69 Å². The molecule has 2 N–H and O–H groups in total. The van der Waals surface area contributed by atoms with Gasteiger partial charge in [-0.2, -0.15) is 5.10 Å². The van der Waals surface area contributed by atoms with Crippen LogP contribution in [0.25, 0.3) is 11.4 Å². The number of amides is 3. The minimum absolute atomic E-state index is 0.0785. The Hall–Kier alpha value is -4.73. The fourth-order valence-electron chi connectivity index (χ4n) is 4.86. The molecule has 200 valence electrons. The number of anilines is 1. The van der Waals surface area contributed by atoms with Crippen LogP contribution in [0.5, 0.6) is 0 Å². The van der Waals surface area contributed by atoms with E-state index < -0.39 is 5.91 Å². The molecule has 39 heavy (non-hydrogen) atoms. The maximum Gasteiger partial charge on any atom is 0.277 e. The van der Waals surface area contributed by atoms with Crippen molar-refractivity contribution in [2.75, 3.05) is 18.5 Å². The highest BCUT2D eigenvalue weighted by Crippen LogP contribution is 2.29. The highest BCUT2D eigenvalue weighted by molar-refractivity contribution is 6.09. The molecule has 5 rings (SSSR count). The summed E-state index contributed by atoms with van der Waals surface area (Å²) in [5.41, 5.74) is 10.0. The van der Waals surface area contributed by atoms with E-state index in [1.54, 1.807) is 23.0 Å². The van der Waals surface area contributed by atoms with Crippen LogP contribution in [0.1, 0.15) is 57.7 Å². The Kier molecular flexibility index (Phi) is 7.02. The summed E-state index contributed by atoms with van der Waals surface area (Å²) in [7, 11) is 1.78. The average Bonchev–Trinajstić information content (AvgIpc) is 3.55. The molecule has 10 heteroatoms. The second-order valence-corrected chi connectivity index (χ2v) is 9.72. The molecule has 3 amide bonds. The first-order chi connectivity index (χ1) is 18.8. The lowest BCUT2D eigenvalue weighted by Crippen LogP contribution is -2.39. The van der Waals surface area contributed by atoms with Gasteiger partial charge in [0.1, 0.15) is 11.5 Å². The zero-order valence-corrected chi connectivity index (χ0v) is 22.3. The zero-order valence-electron chi connectivity index (χ0n) is 22.3. The summed E-state index contributed by atoms with van der Waals surface area (Å²) < 4.78 is 3.45. The van der Waals surface area contributed by atoms with E-state index >= 15 is 0 Å². The van der Waals surface area contributed by atoms with Crippen molar-refractivity contribution in [3.05, 3.63) is 89.3 Å². The van der Waals surface area contributed by atoms with E-state index in [4.69, 9.17) is 5.73 Å². The predicted molar refractivity (Wildman–Crippen MR) is 147 cm³/mol. The molecule has 0 atom stereocenters. The molecular weight excluding hydrogens is 494 g/mol. The van der Waals surface area contributed by atoms with Crippen LogP contribution in [0.2, 0.25) is 0 Å². The Morgan fingerprint density at radius 3 is 2.36 bits per heavy atom. The number of aromatic nitrogens is 4. The van der Waals surface area contributed by atoms with Crippen LogP contribution in [0.15, 0.2) is 60.9 Å². The number of fused-ring (bicyclic) bond motifs is 1. The quantitative estimate of drug-likeness (QED) is 0.378. The number of hydrogen-bond donors (Lipinski definition) is 1. The van der Waals surface area contributed by atoms with E-state index in [1.165, 1.54) is 4.68 Å². The summed E-state index contributed by atoms with van der Waals surface area (Å²) in [4.78, 5) is 46.0. The smallest absolute Gasteiger partial charge is 0.277 e. The molecular formula is C29H31N7O3. The van der Waals surface area contributed by atoms with Crippen molar-refractivity contribution in [1.29, 1.82) is 0 Å². The fraction of sp³-hybridized carbons (Fsp3) is 0.276. The SMILES string of the molecule is CCCC(=O)N(C)Cc1nccn1-c1ccc(N2CCc3c(C(N)=O)nn(-c4ccc(C)cc4)c3C2=O)cc1. The molecule has 10 nitrogen and oxygen atoms in total. The second kappa shape index (κ2) is 10.6. The molecule has 2 aromatic carbocycles. The summed E-state index contributed by atoms with van der Waals surface area (Å²) in [6.07, 6.45) is 5.31. The molecule has 1 aliphatic heterocycles. The van der Waals surface area contributed by atoms with Gasteiger partial charge in [0.25, 0.3) is 11.8 Å². The van der Waals surface area contributed by atoms with Gasteiger partial charge >= 0.3 is 0 Å². The summed E-state index contributed by atoms with van der Waals surface area (Å²) in [5, 5.41) is 4.43. The zero-order chi connectivity index (χ0) is 27.7. The van der Waals surface area contributed by atoms with Gasteiger partial charge in [0.05, 0.1) is 12.2 Å². The van der Waals surface area contributed by atoms with Crippen LogP contribution in [0, 0.1) is 6.92 Å². The van der Waals surface area contributed by atoms with Gasteiger partial charge in [0.2, 0.25) is 5.91 Å². The lowest BCUT2D eigenvalue weighted by atomic mass is 10.0. The van der Waals surface area contributed by atoms with Gasteiger partial charge in [0, 0.05) is 49.3 Å². The molecule has 0 spiro atoms. The molecule has 0 saturated carbocycles. The third-order valence-electron chi connectivity index (χ3n) is 6.95. The van der Waals surface area contributed by atoms with Crippen LogP contribution in [-0.2, 0) is 17.8 Å². The number of nitrogens with two attached hydrogens (primary N) is 1. The van der Waals surface area contributed by atoms with E-state index in [0.717, 1.165) is 29.2 Å².